The van der Waals surface area contributed by atoms with E-state index in [1.165, 1.54) is 0 Å². The van der Waals surface area contributed by atoms with Gasteiger partial charge in [0.25, 0.3) is 5.91 Å². The summed E-state index contributed by atoms with van der Waals surface area (Å²) in [6.07, 6.45) is 1.56. The summed E-state index contributed by atoms with van der Waals surface area (Å²) < 4.78 is 18.7. The number of hydrazone groups is 1. The van der Waals surface area contributed by atoms with Gasteiger partial charge in [0, 0.05) is 5.56 Å². The lowest BCUT2D eigenvalue weighted by Crippen LogP contribution is -2.17. The van der Waals surface area contributed by atoms with Crippen molar-refractivity contribution in [1.29, 1.82) is 0 Å². The summed E-state index contributed by atoms with van der Waals surface area (Å²) in [7, 11) is 0. The minimum Gasteiger partial charge on any atom is -0.492 e. The number of nitrogens with one attached hydrogen (secondary N) is 1. The van der Waals surface area contributed by atoms with Crippen LogP contribution in [0.3, 0.4) is 0 Å². The van der Waals surface area contributed by atoms with E-state index in [9.17, 15) is 4.79 Å². The molecule has 0 aliphatic rings. The zero-order valence-electron chi connectivity index (χ0n) is 18.3. The first kappa shape index (κ1) is 24.8. The number of hydrogen-bond acceptors (Lipinski definition) is 5. The lowest BCUT2D eigenvalue weighted by molar-refractivity contribution is 0.0954. The zero-order chi connectivity index (χ0) is 23.6. The van der Waals surface area contributed by atoms with Gasteiger partial charge in [0.2, 0.25) is 0 Å². The number of carbonyl (C=O) groups is 1. The number of amides is 1. The summed E-state index contributed by atoms with van der Waals surface area (Å²) in [5, 5.41) is 4.07. The number of nitrogens with zero attached hydrogens (tertiary/aromatic N) is 1. The van der Waals surface area contributed by atoms with Crippen molar-refractivity contribution < 1.29 is 19.0 Å². The van der Waals surface area contributed by atoms with E-state index in [0.29, 0.717) is 36.9 Å². The van der Waals surface area contributed by atoms with Gasteiger partial charge < -0.3 is 14.2 Å². The topological polar surface area (TPSA) is 69.2 Å². The van der Waals surface area contributed by atoms with Crippen molar-refractivity contribution in [2.45, 2.75) is 20.5 Å². The first-order valence-corrected chi connectivity index (χ1v) is 12.0. The number of rotatable bonds is 10. The standard InChI is InChI=1S/C25H24Br2N2O4/c1-3-31-23-14-19(10-11-22(23)33-16-17-8-6-5-7-9-17)25(30)29-28-15-18-12-20(26)24(32-4-2)21(27)13-18/h5-15H,3-4,16H2,1-2H3,(H,29,30)/b28-15+. The van der Waals surface area contributed by atoms with Crippen LogP contribution < -0.4 is 19.6 Å². The summed E-state index contributed by atoms with van der Waals surface area (Å²) in [5.74, 6) is 1.44. The van der Waals surface area contributed by atoms with E-state index in [2.05, 4.69) is 42.4 Å². The van der Waals surface area contributed by atoms with E-state index in [-0.39, 0.29) is 5.91 Å². The molecule has 6 nitrogen and oxygen atoms in total. The Kier molecular flexibility index (Phi) is 9.33. The number of hydrogen-bond donors (Lipinski definition) is 1. The summed E-state index contributed by atoms with van der Waals surface area (Å²) in [6.45, 7) is 5.21. The van der Waals surface area contributed by atoms with Crippen molar-refractivity contribution in [3.63, 3.8) is 0 Å². The fourth-order valence-corrected chi connectivity index (χ4v) is 4.39. The largest absolute Gasteiger partial charge is 0.492 e. The molecule has 0 heterocycles. The fraction of sp³-hybridized carbons (Fsp3) is 0.200. The van der Waals surface area contributed by atoms with Gasteiger partial charge in [-0.25, -0.2) is 5.43 Å². The summed E-state index contributed by atoms with van der Waals surface area (Å²) in [4.78, 5) is 12.6. The predicted molar refractivity (Wildman–Crippen MR) is 136 cm³/mol. The summed E-state index contributed by atoms with van der Waals surface area (Å²) >= 11 is 6.97. The van der Waals surface area contributed by atoms with Crippen LogP contribution in [0, 0.1) is 0 Å². The Morgan fingerprint density at radius 3 is 2.27 bits per heavy atom. The quantitative estimate of drug-likeness (QED) is 0.226. The van der Waals surface area contributed by atoms with Crippen LogP contribution in [0.25, 0.3) is 0 Å². The van der Waals surface area contributed by atoms with Crippen molar-refractivity contribution in [2.24, 2.45) is 5.10 Å². The van der Waals surface area contributed by atoms with E-state index < -0.39 is 0 Å². The lowest BCUT2D eigenvalue weighted by atomic mass is 10.2. The second kappa shape index (κ2) is 12.4. The number of carbonyl (C=O) groups excluding carboxylic acids is 1. The van der Waals surface area contributed by atoms with Crippen molar-refractivity contribution in [3.8, 4) is 17.2 Å². The van der Waals surface area contributed by atoms with Crippen LogP contribution in [0.4, 0.5) is 0 Å². The molecule has 0 fully saturated rings. The molecule has 0 aromatic heterocycles. The van der Waals surface area contributed by atoms with Gasteiger partial charge in [-0.3, -0.25) is 4.79 Å². The van der Waals surface area contributed by atoms with Gasteiger partial charge in [-0.2, -0.15) is 5.10 Å². The van der Waals surface area contributed by atoms with Gasteiger partial charge in [-0.15, -0.1) is 0 Å². The van der Waals surface area contributed by atoms with E-state index in [0.717, 1.165) is 25.8 Å². The van der Waals surface area contributed by atoms with Crippen molar-refractivity contribution in [2.75, 3.05) is 13.2 Å². The van der Waals surface area contributed by atoms with E-state index in [1.807, 2.05) is 56.3 Å². The van der Waals surface area contributed by atoms with Gasteiger partial charge in [0.15, 0.2) is 11.5 Å². The van der Waals surface area contributed by atoms with Gasteiger partial charge in [0.1, 0.15) is 12.4 Å². The Hall–Kier alpha value is -2.84. The average molecular weight is 576 g/mol. The molecular formula is C25H24Br2N2O4. The molecule has 0 spiro atoms. The van der Waals surface area contributed by atoms with Crippen molar-refractivity contribution >= 4 is 44.0 Å². The zero-order valence-corrected chi connectivity index (χ0v) is 21.5. The maximum absolute atomic E-state index is 12.6. The third-order valence-corrected chi connectivity index (χ3v) is 5.61. The Balaban J connectivity index is 1.67. The smallest absolute Gasteiger partial charge is 0.271 e. The molecule has 8 heteroatoms. The van der Waals surface area contributed by atoms with Crippen LogP contribution >= 0.6 is 31.9 Å². The lowest BCUT2D eigenvalue weighted by Gasteiger charge is -2.13. The van der Waals surface area contributed by atoms with Gasteiger partial charge in [-0.1, -0.05) is 30.3 Å². The Bertz CT molecular complexity index is 1100. The number of benzene rings is 3. The number of ether oxygens (including phenoxy) is 3. The second-order valence-electron chi connectivity index (χ2n) is 6.81. The minimum atomic E-state index is -0.356. The van der Waals surface area contributed by atoms with Crippen LogP contribution in [-0.4, -0.2) is 25.3 Å². The average Bonchev–Trinajstić information content (AvgIpc) is 2.81. The Morgan fingerprint density at radius 2 is 1.61 bits per heavy atom. The molecule has 3 rings (SSSR count). The van der Waals surface area contributed by atoms with Gasteiger partial charge in [0.05, 0.1) is 28.4 Å². The highest BCUT2D eigenvalue weighted by molar-refractivity contribution is 9.11. The van der Waals surface area contributed by atoms with E-state index in [4.69, 9.17) is 14.2 Å². The second-order valence-corrected chi connectivity index (χ2v) is 8.52. The highest BCUT2D eigenvalue weighted by atomic mass is 79.9. The predicted octanol–water partition coefficient (Wildman–Crippen LogP) is 6.35. The molecule has 0 bridgehead atoms. The highest BCUT2D eigenvalue weighted by Gasteiger charge is 2.12. The first-order valence-electron chi connectivity index (χ1n) is 10.4. The maximum Gasteiger partial charge on any atom is 0.271 e. The molecule has 0 unspecified atom stereocenters. The van der Waals surface area contributed by atoms with Crippen LogP contribution in [0.15, 0.2) is 74.7 Å². The molecule has 0 saturated heterocycles. The summed E-state index contributed by atoms with van der Waals surface area (Å²) in [6, 6.07) is 18.6. The van der Waals surface area contributed by atoms with E-state index >= 15 is 0 Å². The molecule has 172 valence electrons. The maximum atomic E-state index is 12.6. The number of halogens is 2. The van der Waals surface area contributed by atoms with Crippen LogP contribution in [0.5, 0.6) is 17.2 Å². The minimum absolute atomic E-state index is 0.356. The Morgan fingerprint density at radius 1 is 0.909 bits per heavy atom. The van der Waals surface area contributed by atoms with Crippen molar-refractivity contribution in [1.82, 2.24) is 5.43 Å². The normalized spacial score (nSPS) is 10.8. The molecule has 0 aliphatic heterocycles. The molecule has 3 aromatic carbocycles. The molecular weight excluding hydrogens is 552 g/mol. The van der Waals surface area contributed by atoms with Crippen LogP contribution in [0.2, 0.25) is 0 Å². The van der Waals surface area contributed by atoms with Gasteiger partial charge >= 0.3 is 0 Å². The molecule has 0 radical (unpaired) electrons. The summed E-state index contributed by atoms with van der Waals surface area (Å²) in [5.41, 5.74) is 4.79. The monoisotopic (exact) mass is 574 g/mol. The third kappa shape index (κ3) is 7.07. The first-order chi connectivity index (χ1) is 16.0. The molecule has 0 saturated carbocycles. The molecule has 0 aliphatic carbocycles. The molecule has 3 aromatic rings. The molecule has 33 heavy (non-hydrogen) atoms. The Labute approximate surface area is 210 Å². The highest BCUT2D eigenvalue weighted by Crippen LogP contribution is 2.34. The van der Waals surface area contributed by atoms with E-state index in [1.54, 1.807) is 24.4 Å². The molecule has 0 atom stereocenters. The fourth-order valence-electron chi connectivity index (χ4n) is 2.94. The van der Waals surface area contributed by atoms with Crippen LogP contribution in [-0.2, 0) is 6.61 Å². The molecule has 1 amide bonds. The van der Waals surface area contributed by atoms with Crippen molar-refractivity contribution in [3.05, 3.63) is 86.3 Å². The molecule has 1 N–H and O–H groups in total. The SMILES string of the molecule is CCOc1cc(C(=O)N/N=C/c2cc(Br)c(OCC)c(Br)c2)ccc1OCc1ccccc1. The van der Waals surface area contributed by atoms with Crippen LogP contribution in [0.1, 0.15) is 35.3 Å². The van der Waals surface area contributed by atoms with Gasteiger partial charge in [-0.05, 0) is 87.2 Å². The third-order valence-electron chi connectivity index (χ3n) is 4.43.